The molecule has 0 bridgehead atoms. The first-order valence-corrected chi connectivity index (χ1v) is 9.19. The molecule has 1 rings (SSSR count). The lowest BCUT2D eigenvalue weighted by Gasteiger charge is -2.29. The molecular weight excluding hydrogens is 292 g/mol. The number of hydrogen-bond donors (Lipinski definition) is 1. The van der Waals surface area contributed by atoms with E-state index in [1.54, 1.807) is 25.8 Å². The molecule has 7 heteroatoms. The monoisotopic (exact) mass is 318 g/mol. The van der Waals surface area contributed by atoms with E-state index in [1.807, 2.05) is 6.92 Å². The topological polar surface area (TPSA) is 83.6 Å². The van der Waals surface area contributed by atoms with Gasteiger partial charge in [-0.2, -0.15) is 0 Å². The molecule has 1 saturated heterocycles. The van der Waals surface area contributed by atoms with Crippen molar-refractivity contribution >= 4 is 21.7 Å². The van der Waals surface area contributed by atoms with E-state index in [-0.39, 0.29) is 23.5 Å². The average molecular weight is 318 g/mol. The van der Waals surface area contributed by atoms with E-state index < -0.39 is 21.2 Å². The summed E-state index contributed by atoms with van der Waals surface area (Å²) in [5.41, 5.74) is -1.19. The first-order valence-electron chi connectivity index (χ1n) is 7.37. The summed E-state index contributed by atoms with van der Waals surface area (Å²) in [5, 5.41) is 2.70. The molecule has 0 spiro atoms. The molecule has 21 heavy (non-hydrogen) atoms. The highest BCUT2D eigenvalue weighted by molar-refractivity contribution is 7.91. The van der Waals surface area contributed by atoms with Crippen molar-refractivity contribution in [1.29, 1.82) is 0 Å². The minimum atomic E-state index is -3.05. The number of hydrogen-bond acceptors (Lipinski definition) is 4. The van der Waals surface area contributed by atoms with Gasteiger partial charge in [0.1, 0.15) is 5.41 Å². The summed E-state index contributed by atoms with van der Waals surface area (Å²) < 4.78 is 22.8. The predicted octanol–water partition coefficient (Wildman–Crippen LogP) is 0.574. The fraction of sp³-hybridized carbons (Fsp3) is 0.857. The Balaban J connectivity index is 2.64. The van der Waals surface area contributed by atoms with Gasteiger partial charge in [-0.3, -0.25) is 9.59 Å². The summed E-state index contributed by atoms with van der Waals surface area (Å²) in [6.07, 6.45) is 2.29. The third-order valence-corrected chi connectivity index (χ3v) is 5.63. The Hall–Kier alpha value is -1.11. The Morgan fingerprint density at radius 1 is 1.33 bits per heavy atom. The second kappa shape index (κ2) is 6.77. The van der Waals surface area contributed by atoms with Crippen molar-refractivity contribution in [1.82, 2.24) is 10.2 Å². The van der Waals surface area contributed by atoms with E-state index in [0.717, 1.165) is 12.8 Å². The third kappa shape index (κ3) is 4.69. The highest BCUT2D eigenvalue weighted by Gasteiger charge is 2.40. The maximum atomic E-state index is 12.4. The zero-order valence-electron chi connectivity index (χ0n) is 13.3. The number of rotatable bonds is 6. The molecule has 0 saturated carbocycles. The highest BCUT2D eigenvalue weighted by atomic mass is 32.2. The van der Waals surface area contributed by atoms with Crippen LogP contribution in [0.15, 0.2) is 0 Å². The van der Waals surface area contributed by atoms with Gasteiger partial charge >= 0.3 is 0 Å². The van der Waals surface area contributed by atoms with Crippen LogP contribution in [-0.4, -0.2) is 56.3 Å². The largest absolute Gasteiger partial charge is 0.351 e. The summed E-state index contributed by atoms with van der Waals surface area (Å²) in [7, 11) is -1.36. The quantitative estimate of drug-likeness (QED) is 0.726. The van der Waals surface area contributed by atoms with E-state index in [0.29, 0.717) is 13.0 Å². The second-order valence-electron chi connectivity index (χ2n) is 6.28. The van der Waals surface area contributed by atoms with Gasteiger partial charge in [-0.25, -0.2) is 8.42 Å². The molecule has 0 aromatic rings. The summed E-state index contributed by atoms with van der Waals surface area (Å²) in [5.74, 6) is -0.579. The minimum absolute atomic E-state index is 0.0331. The fourth-order valence-electron chi connectivity index (χ4n) is 2.35. The SMILES string of the molecule is CCCCN(C)C(=O)C(C)(C)C(=O)NC1CCS(=O)(=O)C1. The maximum Gasteiger partial charge on any atom is 0.237 e. The van der Waals surface area contributed by atoms with Gasteiger partial charge in [0.25, 0.3) is 0 Å². The van der Waals surface area contributed by atoms with Crippen LogP contribution in [0.5, 0.6) is 0 Å². The molecule has 0 aromatic carbocycles. The molecule has 0 radical (unpaired) electrons. The van der Waals surface area contributed by atoms with Crippen LogP contribution in [0.25, 0.3) is 0 Å². The van der Waals surface area contributed by atoms with Crippen LogP contribution in [0.4, 0.5) is 0 Å². The predicted molar refractivity (Wildman–Crippen MR) is 81.5 cm³/mol. The van der Waals surface area contributed by atoms with Crippen molar-refractivity contribution in [2.75, 3.05) is 25.1 Å². The molecule has 122 valence electrons. The fourth-order valence-corrected chi connectivity index (χ4v) is 4.02. The van der Waals surface area contributed by atoms with Crippen LogP contribution in [0.2, 0.25) is 0 Å². The molecule has 1 unspecified atom stereocenters. The van der Waals surface area contributed by atoms with Gasteiger partial charge in [0.2, 0.25) is 11.8 Å². The molecule has 1 aliphatic rings. The first-order chi connectivity index (χ1) is 9.60. The lowest BCUT2D eigenvalue weighted by Crippen LogP contribution is -2.51. The van der Waals surface area contributed by atoms with Gasteiger partial charge in [-0.1, -0.05) is 13.3 Å². The number of nitrogens with one attached hydrogen (secondary N) is 1. The molecule has 1 fully saturated rings. The molecule has 1 atom stereocenters. The van der Waals surface area contributed by atoms with Crippen LogP contribution in [0.3, 0.4) is 0 Å². The smallest absolute Gasteiger partial charge is 0.237 e. The van der Waals surface area contributed by atoms with Crippen LogP contribution in [0.1, 0.15) is 40.0 Å². The maximum absolute atomic E-state index is 12.4. The number of carbonyl (C=O) groups is 2. The molecule has 1 heterocycles. The number of amides is 2. The molecule has 0 aliphatic carbocycles. The van der Waals surface area contributed by atoms with Crippen molar-refractivity contribution in [3.8, 4) is 0 Å². The molecular formula is C14H26N2O4S. The Morgan fingerprint density at radius 3 is 2.43 bits per heavy atom. The normalized spacial score (nSPS) is 21.0. The van der Waals surface area contributed by atoms with Crippen molar-refractivity contribution in [3.63, 3.8) is 0 Å². The van der Waals surface area contributed by atoms with Crippen molar-refractivity contribution in [3.05, 3.63) is 0 Å². The number of sulfone groups is 1. The average Bonchev–Trinajstić information content (AvgIpc) is 2.74. The van der Waals surface area contributed by atoms with Gasteiger partial charge in [-0.15, -0.1) is 0 Å². The summed E-state index contributed by atoms with van der Waals surface area (Å²) in [6, 6.07) is -0.379. The number of unbranched alkanes of at least 4 members (excludes halogenated alkanes) is 1. The third-order valence-electron chi connectivity index (χ3n) is 3.86. The van der Waals surface area contributed by atoms with E-state index >= 15 is 0 Å². The standard InChI is InChI=1S/C14H26N2O4S/c1-5-6-8-16(4)13(18)14(2,3)12(17)15-11-7-9-21(19,20)10-11/h11H,5-10H2,1-4H3,(H,15,17). The highest BCUT2D eigenvalue weighted by Crippen LogP contribution is 2.21. The van der Waals surface area contributed by atoms with Crippen LogP contribution in [-0.2, 0) is 19.4 Å². The Kier molecular flexibility index (Phi) is 5.78. The first kappa shape index (κ1) is 17.9. The zero-order valence-corrected chi connectivity index (χ0v) is 14.1. The minimum Gasteiger partial charge on any atom is -0.351 e. The number of carbonyl (C=O) groups excluding carboxylic acids is 2. The van der Waals surface area contributed by atoms with Gasteiger partial charge < -0.3 is 10.2 Å². The Labute approximate surface area is 127 Å². The van der Waals surface area contributed by atoms with Gasteiger partial charge in [0.05, 0.1) is 11.5 Å². The summed E-state index contributed by atoms with van der Waals surface area (Å²) >= 11 is 0. The summed E-state index contributed by atoms with van der Waals surface area (Å²) in [6.45, 7) is 5.81. The Bertz CT molecular complexity index is 499. The van der Waals surface area contributed by atoms with E-state index in [2.05, 4.69) is 5.32 Å². The molecule has 2 amide bonds. The number of nitrogens with zero attached hydrogens (tertiary/aromatic N) is 1. The van der Waals surface area contributed by atoms with E-state index in [4.69, 9.17) is 0 Å². The summed E-state index contributed by atoms with van der Waals surface area (Å²) in [4.78, 5) is 26.2. The van der Waals surface area contributed by atoms with Crippen LogP contribution in [0, 0.1) is 5.41 Å². The van der Waals surface area contributed by atoms with Crippen molar-refractivity contribution in [2.45, 2.75) is 46.1 Å². The van der Waals surface area contributed by atoms with Crippen LogP contribution >= 0.6 is 0 Å². The molecule has 6 nitrogen and oxygen atoms in total. The van der Waals surface area contributed by atoms with Gasteiger partial charge in [0, 0.05) is 19.6 Å². The van der Waals surface area contributed by atoms with E-state index in [9.17, 15) is 18.0 Å². The van der Waals surface area contributed by atoms with Crippen LogP contribution < -0.4 is 5.32 Å². The second-order valence-corrected chi connectivity index (χ2v) is 8.51. The lowest BCUT2D eigenvalue weighted by molar-refractivity contribution is -0.147. The lowest BCUT2D eigenvalue weighted by atomic mass is 9.90. The molecule has 1 N–H and O–H groups in total. The molecule has 0 aromatic heterocycles. The Morgan fingerprint density at radius 2 is 1.95 bits per heavy atom. The van der Waals surface area contributed by atoms with Gasteiger partial charge in [-0.05, 0) is 26.7 Å². The van der Waals surface area contributed by atoms with Gasteiger partial charge in [0.15, 0.2) is 9.84 Å². The van der Waals surface area contributed by atoms with Crippen molar-refractivity contribution in [2.24, 2.45) is 5.41 Å². The van der Waals surface area contributed by atoms with E-state index in [1.165, 1.54) is 0 Å². The molecule has 1 aliphatic heterocycles. The zero-order chi connectivity index (χ0) is 16.3. The van der Waals surface area contributed by atoms with Crippen molar-refractivity contribution < 1.29 is 18.0 Å².